The summed E-state index contributed by atoms with van der Waals surface area (Å²) >= 11 is 3.64. The molecule has 27 heavy (non-hydrogen) atoms. The van der Waals surface area contributed by atoms with Crippen LogP contribution in [0.4, 0.5) is 0 Å². The highest BCUT2D eigenvalue weighted by atomic mass is 79.9. The van der Waals surface area contributed by atoms with Crippen molar-refractivity contribution in [2.75, 3.05) is 6.61 Å². The van der Waals surface area contributed by atoms with Gasteiger partial charge in [-0.3, -0.25) is 9.78 Å². The summed E-state index contributed by atoms with van der Waals surface area (Å²) in [5.41, 5.74) is 4.96. The Morgan fingerprint density at radius 2 is 2.19 bits per heavy atom. The average molecular weight is 434 g/mol. The van der Waals surface area contributed by atoms with Crippen molar-refractivity contribution in [1.29, 1.82) is 0 Å². The standard InChI is InChI=1S/C21H24BrNO4/c1-12(2)27-19(25)10-16-17(11-24)23-13(3)21(22)20(16)15-6-7-18-14(9-15)5-4-8-26-18/h6-7,9,12,24H,4-5,8,10-11H2,1-3H3. The van der Waals surface area contributed by atoms with Crippen molar-refractivity contribution >= 4 is 21.9 Å². The van der Waals surface area contributed by atoms with Crippen LogP contribution in [0.15, 0.2) is 22.7 Å². The van der Waals surface area contributed by atoms with Crippen molar-refractivity contribution in [3.63, 3.8) is 0 Å². The van der Waals surface area contributed by atoms with Gasteiger partial charge in [-0.2, -0.15) is 0 Å². The number of esters is 1. The third-order valence-corrected chi connectivity index (χ3v) is 5.50. The predicted molar refractivity (Wildman–Crippen MR) is 107 cm³/mol. The summed E-state index contributed by atoms with van der Waals surface area (Å²) < 4.78 is 11.9. The zero-order chi connectivity index (χ0) is 19.6. The number of aliphatic hydroxyl groups is 1. The number of hydrogen-bond acceptors (Lipinski definition) is 5. The number of aromatic nitrogens is 1. The molecule has 0 saturated heterocycles. The molecule has 0 fully saturated rings. The van der Waals surface area contributed by atoms with Gasteiger partial charge >= 0.3 is 5.97 Å². The lowest BCUT2D eigenvalue weighted by Gasteiger charge is -2.21. The van der Waals surface area contributed by atoms with Crippen molar-refractivity contribution in [1.82, 2.24) is 4.98 Å². The Hall–Kier alpha value is -1.92. The maximum absolute atomic E-state index is 12.3. The smallest absolute Gasteiger partial charge is 0.310 e. The van der Waals surface area contributed by atoms with E-state index in [-0.39, 0.29) is 25.1 Å². The molecule has 1 aliphatic rings. The van der Waals surface area contributed by atoms with E-state index in [2.05, 4.69) is 27.0 Å². The molecule has 0 bridgehead atoms. The fourth-order valence-electron chi connectivity index (χ4n) is 3.36. The molecule has 3 rings (SSSR count). The molecule has 0 atom stereocenters. The SMILES string of the molecule is Cc1nc(CO)c(CC(=O)OC(C)C)c(-c2ccc3c(c2)CCCO3)c1Br. The second kappa shape index (κ2) is 8.40. The quantitative estimate of drug-likeness (QED) is 0.717. The Morgan fingerprint density at radius 1 is 1.41 bits per heavy atom. The lowest BCUT2D eigenvalue weighted by atomic mass is 9.93. The molecule has 0 spiro atoms. The van der Waals surface area contributed by atoms with E-state index in [1.165, 1.54) is 0 Å². The van der Waals surface area contributed by atoms with Crippen LogP contribution in [0.3, 0.4) is 0 Å². The molecular formula is C21H24BrNO4. The summed E-state index contributed by atoms with van der Waals surface area (Å²) in [4.78, 5) is 16.8. The molecule has 144 valence electrons. The lowest BCUT2D eigenvalue weighted by molar-refractivity contribution is -0.146. The van der Waals surface area contributed by atoms with E-state index in [0.717, 1.165) is 52.1 Å². The van der Waals surface area contributed by atoms with E-state index in [0.29, 0.717) is 11.3 Å². The Balaban J connectivity index is 2.12. The van der Waals surface area contributed by atoms with Gasteiger partial charge in [0.2, 0.25) is 0 Å². The van der Waals surface area contributed by atoms with Gasteiger partial charge in [0.05, 0.1) is 37.1 Å². The zero-order valence-electron chi connectivity index (χ0n) is 15.8. The van der Waals surface area contributed by atoms with Gasteiger partial charge in [0.1, 0.15) is 5.75 Å². The molecule has 6 heteroatoms. The first kappa shape index (κ1) is 19.8. The van der Waals surface area contributed by atoms with Gasteiger partial charge in [0.15, 0.2) is 0 Å². The number of aliphatic hydroxyl groups excluding tert-OH is 1. The molecule has 2 heterocycles. The van der Waals surface area contributed by atoms with Crippen molar-refractivity contribution < 1.29 is 19.4 Å². The zero-order valence-corrected chi connectivity index (χ0v) is 17.4. The molecule has 1 aromatic carbocycles. The molecular weight excluding hydrogens is 410 g/mol. The van der Waals surface area contributed by atoms with E-state index >= 15 is 0 Å². The summed E-state index contributed by atoms with van der Waals surface area (Å²) in [6.07, 6.45) is 1.81. The number of halogens is 1. The van der Waals surface area contributed by atoms with Gasteiger partial charge in [0, 0.05) is 10.0 Å². The first-order valence-electron chi connectivity index (χ1n) is 9.15. The number of nitrogens with zero attached hydrogens (tertiary/aromatic N) is 1. The van der Waals surface area contributed by atoms with Crippen LogP contribution < -0.4 is 4.74 Å². The monoisotopic (exact) mass is 433 g/mol. The summed E-state index contributed by atoms with van der Waals surface area (Å²) in [6, 6.07) is 6.06. The molecule has 0 saturated carbocycles. The Bertz CT molecular complexity index is 864. The van der Waals surface area contributed by atoms with Crippen LogP contribution in [0.5, 0.6) is 5.75 Å². The van der Waals surface area contributed by atoms with Crippen LogP contribution in [-0.4, -0.2) is 28.8 Å². The number of benzene rings is 1. The van der Waals surface area contributed by atoms with Crippen LogP contribution in [0.1, 0.15) is 42.8 Å². The van der Waals surface area contributed by atoms with Gasteiger partial charge in [-0.15, -0.1) is 0 Å². The highest BCUT2D eigenvalue weighted by Crippen LogP contribution is 2.38. The largest absolute Gasteiger partial charge is 0.493 e. The van der Waals surface area contributed by atoms with Gasteiger partial charge in [-0.05, 0) is 78.4 Å². The molecule has 0 unspecified atom stereocenters. The highest BCUT2D eigenvalue weighted by Gasteiger charge is 2.22. The lowest BCUT2D eigenvalue weighted by Crippen LogP contribution is -2.16. The van der Waals surface area contributed by atoms with Crippen molar-refractivity contribution in [2.24, 2.45) is 0 Å². The maximum atomic E-state index is 12.3. The van der Waals surface area contributed by atoms with Crippen LogP contribution in [-0.2, 0) is 29.0 Å². The van der Waals surface area contributed by atoms with E-state index in [4.69, 9.17) is 9.47 Å². The number of hydrogen-bond donors (Lipinski definition) is 1. The number of rotatable bonds is 5. The molecule has 0 radical (unpaired) electrons. The highest BCUT2D eigenvalue weighted by molar-refractivity contribution is 9.10. The Labute approximate surface area is 167 Å². The van der Waals surface area contributed by atoms with Crippen molar-refractivity contribution in [2.45, 2.75) is 52.7 Å². The number of ether oxygens (including phenoxy) is 2. The van der Waals surface area contributed by atoms with Gasteiger partial charge < -0.3 is 14.6 Å². The summed E-state index contributed by atoms with van der Waals surface area (Å²) in [7, 11) is 0. The minimum Gasteiger partial charge on any atom is -0.493 e. The average Bonchev–Trinajstić information content (AvgIpc) is 2.63. The van der Waals surface area contributed by atoms with E-state index in [1.54, 1.807) is 0 Å². The fraction of sp³-hybridized carbons (Fsp3) is 0.429. The number of carbonyl (C=O) groups is 1. The van der Waals surface area contributed by atoms with Crippen LogP contribution in [0.2, 0.25) is 0 Å². The predicted octanol–water partition coefficient (Wildman–Crippen LogP) is 4.13. The van der Waals surface area contributed by atoms with E-state index < -0.39 is 0 Å². The summed E-state index contributed by atoms with van der Waals surface area (Å²) in [6.45, 7) is 6.02. The normalized spacial score (nSPS) is 13.3. The second-order valence-electron chi connectivity index (χ2n) is 6.96. The third-order valence-electron chi connectivity index (χ3n) is 4.53. The van der Waals surface area contributed by atoms with Gasteiger partial charge in [-0.25, -0.2) is 0 Å². The maximum Gasteiger partial charge on any atom is 0.310 e. The minimum absolute atomic E-state index is 0.0584. The molecule has 5 nitrogen and oxygen atoms in total. The van der Waals surface area contributed by atoms with Crippen LogP contribution in [0, 0.1) is 6.92 Å². The minimum atomic E-state index is -0.334. The molecule has 1 N–H and O–H groups in total. The molecule has 0 amide bonds. The molecule has 1 aromatic heterocycles. The molecule has 0 aliphatic carbocycles. The summed E-state index contributed by atoms with van der Waals surface area (Å²) in [5.74, 6) is 0.579. The Kier molecular flexibility index (Phi) is 6.17. The first-order chi connectivity index (χ1) is 12.9. The van der Waals surface area contributed by atoms with Crippen molar-refractivity contribution in [3.8, 4) is 16.9 Å². The molecule has 1 aliphatic heterocycles. The Morgan fingerprint density at radius 3 is 2.89 bits per heavy atom. The number of carbonyl (C=O) groups excluding carboxylic acids is 1. The number of aryl methyl sites for hydroxylation is 2. The van der Waals surface area contributed by atoms with E-state index in [9.17, 15) is 9.90 Å². The topological polar surface area (TPSA) is 68.7 Å². The van der Waals surface area contributed by atoms with Crippen LogP contribution in [0.25, 0.3) is 11.1 Å². The first-order valence-corrected chi connectivity index (χ1v) is 9.94. The van der Waals surface area contributed by atoms with Gasteiger partial charge in [-0.1, -0.05) is 6.07 Å². The van der Waals surface area contributed by atoms with Crippen LogP contribution >= 0.6 is 15.9 Å². The third kappa shape index (κ3) is 4.33. The number of fused-ring (bicyclic) bond motifs is 1. The van der Waals surface area contributed by atoms with Gasteiger partial charge in [0.25, 0.3) is 0 Å². The summed E-state index contributed by atoms with van der Waals surface area (Å²) in [5, 5.41) is 9.84. The van der Waals surface area contributed by atoms with E-state index in [1.807, 2.05) is 32.9 Å². The second-order valence-corrected chi connectivity index (χ2v) is 7.75. The number of pyridine rings is 1. The molecule has 2 aromatic rings. The van der Waals surface area contributed by atoms with Crippen molar-refractivity contribution in [3.05, 3.63) is 45.2 Å². The fourth-order valence-corrected chi connectivity index (χ4v) is 3.92.